The topological polar surface area (TPSA) is 75.9 Å². The van der Waals surface area contributed by atoms with Crippen LogP contribution in [0.4, 0.5) is 0 Å². The second-order valence-electron chi connectivity index (χ2n) is 3.17. The van der Waals surface area contributed by atoms with Gasteiger partial charge in [0.05, 0.1) is 12.0 Å². The predicted molar refractivity (Wildman–Crippen MR) is 43.9 cm³/mol. The fourth-order valence-corrected chi connectivity index (χ4v) is 1.58. The Morgan fingerprint density at radius 1 is 1.75 bits per heavy atom. The monoisotopic (exact) mass is 165 g/mol. The van der Waals surface area contributed by atoms with E-state index in [-0.39, 0.29) is 11.8 Å². The lowest BCUT2D eigenvalue weighted by Gasteiger charge is -2.18. The van der Waals surface area contributed by atoms with E-state index in [4.69, 9.17) is 15.7 Å². The van der Waals surface area contributed by atoms with Gasteiger partial charge in [-0.2, -0.15) is 0 Å². The molecule has 0 saturated heterocycles. The third kappa shape index (κ3) is 1.09. The highest BCUT2D eigenvalue weighted by Gasteiger charge is 2.23. The van der Waals surface area contributed by atoms with Gasteiger partial charge in [-0.05, 0) is 12.8 Å². The minimum atomic E-state index is 0.158. The van der Waals surface area contributed by atoms with Crippen molar-refractivity contribution in [3.63, 3.8) is 0 Å². The van der Waals surface area contributed by atoms with Crippen LogP contribution >= 0.6 is 0 Å². The standard InChI is InChI=1S/C8H11N3O/c9-8(10)5-1-2-6-4-11-12-7(6)3-5/h4-5H,1-3H2,(H3,9,10)/t5-/m0/s1. The Kier molecular flexibility index (Phi) is 1.60. The zero-order valence-electron chi connectivity index (χ0n) is 6.71. The predicted octanol–water partition coefficient (Wildman–Crippen LogP) is 0.715. The molecule has 1 aliphatic carbocycles. The number of aryl methyl sites for hydroxylation is 1. The first-order chi connectivity index (χ1) is 5.77. The molecular weight excluding hydrogens is 154 g/mol. The Balaban J connectivity index is 2.20. The second kappa shape index (κ2) is 2.62. The number of hydrogen-bond acceptors (Lipinski definition) is 3. The van der Waals surface area contributed by atoms with E-state index in [2.05, 4.69) is 5.16 Å². The van der Waals surface area contributed by atoms with Gasteiger partial charge in [0.15, 0.2) is 0 Å². The third-order valence-electron chi connectivity index (χ3n) is 2.36. The molecule has 1 aromatic heterocycles. The Bertz CT molecular complexity index is 305. The number of rotatable bonds is 1. The van der Waals surface area contributed by atoms with Crippen molar-refractivity contribution in [2.45, 2.75) is 19.3 Å². The number of aromatic nitrogens is 1. The van der Waals surface area contributed by atoms with Crippen LogP contribution in [0, 0.1) is 11.3 Å². The summed E-state index contributed by atoms with van der Waals surface area (Å²) in [6, 6.07) is 0. The first kappa shape index (κ1) is 7.34. The Morgan fingerprint density at radius 3 is 3.33 bits per heavy atom. The molecule has 3 N–H and O–H groups in total. The van der Waals surface area contributed by atoms with Crippen LogP contribution in [0.2, 0.25) is 0 Å². The van der Waals surface area contributed by atoms with E-state index in [1.165, 1.54) is 5.56 Å². The molecule has 64 valence electrons. The van der Waals surface area contributed by atoms with Gasteiger partial charge in [-0.15, -0.1) is 0 Å². The summed E-state index contributed by atoms with van der Waals surface area (Å²) < 4.78 is 5.03. The lowest BCUT2D eigenvalue weighted by Crippen LogP contribution is -2.27. The maximum absolute atomic E-state index is 7.30. The molecule has 12 heavy (non-hydrogen) atoms. The lowest BCUT2D eigenvalue weighted by molar-refractivity contribution is 0.360. The lowest BCUT2D eigenvalue weighted by atomic mass is 9.88. The molecule has 1 atom stereocenters. The van der Waals surface area contributed by atoms with E-state index in [1.54, 1.807) is 6.20 Å². The van der Waals surface area contributed by atoms with Gasteiger partial charge < -0.3 is 10.3 Å². The van der Waals surface area contributed by atoms with E-state index >= 15 is 0 Å². The van der Waals surface area contributed by atoms with Gasteiger partial charge in [0.1, 0.15) is 5.76 Å². The number of nitrogens with one attached hydrogen (secondary N) is 1. The summed E-state index contributed by atoms with van der Waals surface area (Å²) in [5.41, 5.74) is 6.59. The summed E-state index contributed by atoms with van der Waals surface area (Å²) in [4.78, 5) is 0. The number of hydrogen-bond donors (Lipinski definition) is 2. The van der Waals surface area contributed by atoms with E-state index < -0.39 is 0 Å². The number of fused-ring (bicyclic) bond motifs is 1. The molecule has 4 nitrogen and oxygen atoms in total. The molecule has 0 bridgehead atoms. The van der Waals surface area contributed by atoms with Crippen LogP contribution in [0.5, 0.6) is 0 Å². The molecule has 1 heterocycles. The van der Waals surface area contributed by atoms with Crippen LogP contribution in [-0.2, 0) is 12.8 Å². The summed E-state index contributed by atoms with van der Waals surface area (Å²) in [5, 5.41) is 11.0. The Morgan fingerprint density at radius 2 is 2.58 bits per heavy atom. The summed E-state index contributed by atoms with van der Waals surface area (Å²) in [6.45, 7) is 0. The maximum atomic E-state index is 7.30. The SMILES string of the molecule is N=C(N)[C@H]1CCc2cnoc2C1. The van der Waals surface area contributed by atoms with Gasteiger partial charge >= 0.3 is 0 Å². The van der Waals surface area contributed by atoms with Gasteiger partial charge in [0, 0.05) is 17.9 Å². The van der Waals surface area contributed by atoms with E-state index in [1.807, 2.05) is 0 Å². The first-order valence-electron chi connectivity index (χ1n) is 4.03. The maximum Gasteiger partial charge on any atom is 0.140 e. The summed E-state index contributed by atoms with van der Waals surface area (Å²) >= 11 is 0. The number of nitrogens with two attached hydrogens (primary N) is 1. The zero-order valence-corrected chi connectivity index (χ0v) is 6.71. The molecule has 0 aromatic carbocycles. The van der Waals surface area contributed by atoms with Crippen molar-refractivity contribution >= 4 is 5.84 Å². The molecule has 0 amide bonds. The van der Waals surface area contributed by atoms with E-state index in [9.17, 15) is 0 Å². The molecule has 2 rings (SSSR count). The van der Waals surface area contributed by atoms with Crippen LogP contribution in [0.3, 0.4) is 0 Å². The minimum Gasteiger partial charge on any atom is -0.387 e. The van der Waals surface area contributed by atoms with Crippen molar-refractivity contribution in [1.82, 2.24) is 5.16 Å². The van der Waals surface area contributed by atoms with Crippen molar-refractivity contribution in [1.29, 1.82) is 5.41 Å². The fourth-order valence-electron chi connectivity index (χ4n) is 1.58. The summed E-state index contributed by atoms with van der Waals surface area (Å²) in [7, 11) is 0. The van der Waals surface area contributed by atoms with Gasteiger partial charge in [0.25, 0.3) is 0 Å². The van der Waals surface area contributed by atoms with Gasteiger partial charge in [-0.3, -0.25) is 5.41 Å². The number of nitrogens with zero attached hydrogens (tertiary/aromatic N) is 1. The van der Waals surface area contributed by atoms with Crippen molar-refractivity contribution in [3.8, 4) is 0 Å². The highest BCUT2D eigenvalue weighted by atomic mass is 16.5. The molecule has 0 unspecified atom stereocenters. The first-order valence-corrected chi connectivity index (χ1v) is 4.03. The molecule has 0 aliphatic heterocycles. The highest BCUT2D eigenvalue weighted by Crippen LogP contribution is 2.24. The van der Waals surface area contributed by atoms with Crippen molar-refractivity contribution in [3.05, 3.63) is 17.5 Å². The Labute approximate surface area is 70.2 Å². The molecule has 0 radical (unpaired) electrons. The van der Waals surface area contributed by atoms with E-state index in [0.29, 0.717) is 0 Å². The van der Waals surface area contributed by atoms with E-state index in [0.717, 1.165) is 25.0 Å². The number of amidine groups is 1. The average molecular weight is 165 g/mol. The van der Waals surface area contributed by atoms with Crippen LogP contribution in [0.15, 0.2) is 10.7 Å². The van der Waals surface area contributed by atoms with Crippen LogP contribution < -0.4 is 5.73 Å². The molecule has 0 saturated carbocycles. The largest absolute Gasteiger partial charge is 0.387 e. The quantitative estimate of drug-likeness (QED) is 0.475. The van der Waals surface area contributed by atoms with Crippen molar-refractivity contribution in [2.24, 2.45) is 11.7 Å². The summed E-state index contributed by atoms with van der Waals surface area (Å²) in [6.07, 6.45) is 4.38. The molecule has 1 aliphatic rings. The van der Waals surface area contributed by atoms with Crippen molar-refractivity contribution < 1.29 is 4.52 Å². The highest BCUT2D eigenvalue weighted by molar-refractivity contribution is 5.80. The molecule has 0 spiro atoms. The van der Waals surface area contributed by atoms with Gasteiger partial charge in [-0.25, -0.2) is 0 Å². The average Bonchev–Trinajstić information content (AvgIpc) is 2.49. The Hall–Kier alpha value is -1.32. The van der Waals surface area contributed by atoms with Crippen LogP contribution in [0.1, 0.15) is 17.7 Å². The summed E-state index contributed by atoms with van der Waals surface area (Å²) in [5.74, 6) is 1.32. The molecule has 4 heteroatoms. The minimum absolute atomic E-state index is 0.158. The van der Waals surface area contributed by atoms with Crippen molar-refractivity contribution in [2.75, 3.05) is 0 Å². The normalized spacial score (nSPS) is 21.8. The zero-order chi connectivity index (χ0) is 8.55. The smallest absolute Gasteiger partial charge is 0.140 e. The third-order valence-corrected chi connectivity index (χ3v) is 2.36. The fraction of sp³-hybridized carbons (Fsp3) is 0.500. The van der Waals surface area contributed by atoms with Crippen LogP contribution in [-0.4, -0.2) is 11.0 Å². The van der Waals surface area contributed by atoms with Gasteiger partial charge in [-0.1, -0.05) is 5.16 Å². The van der Waals surface area contributed by atoms with Crippen LogP contribution in [0.25, 0.3) is 0 Å². The second-order valence-corrected chi connectivity index (χ2v) is 3.17. The molecule has 0 fully saturated rings. The molecular formula is C8H11N3O. The van der Waals surface area contributed by atoms with Gasteiger partial charge in [0.2, 0.25) is 0 Å². The molecule has 1 aromatic rings.